The number of nitrogens with zero attached hydrogens (tertiary/aromatic N) is 2. The Labute approximate surface area is 184 Å². The van der Waals surface area contributed by atoms with Gasteiger partial charge >= 0.3 is 0 Å². The van der Waals surface area contributed by atoms with Gasteiger partial charge in [-0.3, -0.25) is 14.2 Å². The van der Waals surface area contributed by atoms with Gasteiger partial charge in [-0.25, -0.2) is 4.98 Å². The van der Waals surface area contributed by atoms with Gasteiger partial charge < -0.3 is 4.74 Å². The van der Waals surface area contributed by atoms with Crippen LogP contribution in [0.25, 0.3) is 16.6 Å². The first kappa shape index (κ1) is 20.9. The fourth-order valence-electron chi connectivity index (χ4n) is 3.38. The molecule has 1 aromatic heterocycles. The summed E-state index contributed by atoms with van der Waals surface area (Å²) >= 11 is 1.25. The monoisotopic (exact) mass is 430 g/mol. The summed E-state index contributed by atoms with van der Waals surface area (Å²) in [4.78, 5) is 31.0. The third kappa shape index (κ3) is 4.11. The van der Waals surface area contributed by atoms with Crippen molar-refractivity contribution < 1.29 is 9.53 Å². The number of carbonyl (C=O) groups excluding carboxylic acids is 1. The van der Waals surface area contributed by atoms with Crippen LogP contribution >= 0.6 is 11.8 Å². The van der Waals surface area contributed by atoms with Gasteiger partial charge in [0.1, 0.15) is 5.75 Å². The Hall–Kier alpha value is -3.38. The van der Waals surface area contributed by atoms with Crippen molar-refractivity contribution in [3.8, 4) is 11.4 Å². The van der Waals surface area contributed by atoms with Gasteiger partial charge in [-0.05, 0) is 61.4 Å². The fraction of sp³-hybridized carbons (Fsp3) is 0.160. The lowest BCUT2D eigenvalue weighted by Crippen LogP contribution is -2.22. The van der Waals surface area contributed by atoms with Crippen LogP contribution in [0.3, 0.4) is 0 Å². The first-order valence-electron chi connectivity index (χ1n) is 9.88. The molecule has 0 aliphatic carbocycles. The van der Waals surface area contributed by atoms with E-state index in [-0.39, 0.29) is 17.1 Å². The maximum Gasteiger partial charge on any atom is 0.266 e. The molecule has 0 N–H and O–H groups in total. The number of Topliss-reactive ketones (excluding diaryl/α,β-unsaturated/α-hetero) is 1. The van der Waals surface area contributed by atoms with E-state index in [1.54, 1.807) is 35.9 Å². The molecule has 0 saturated heterocycles. The lowest BCUT2D eigenvalue weighted by atomic mass is 10.1. The number of carbonyl (C=O) groups is 1. The summed E-state index contributed by atoms with van der Waals surface area (Å²) in [5, 5.41) is 1.02. The van der Waals surface area contributed by atoms with Crippen molar-refractivity contribution in [1.29, 1.82) is 0 Å². The maximum atomic E-state index is 13.4. The number of ether oxygens (including phenoxy) is 1. The molecule has 4 rings (SSSR count). The van der Waals surface area contributed by atoms with Crippen LogP contribution in [0.1, 0.15) is 21.5 Å². The Bertz CT molecular complexity index is 1340. The van der Waals surface area contributed by atoms with Crippen LogP contribution in [0.2, 0.25) is 0 Å². The summed E-state index contributed by atoms with van der Waals surface area (Å²) in [5.74, 6) is 0.582. The second kappa shape index (κ2) is 8.78. The van der Waals surface area contributed by atoms with Crippen molar-refractivity contribution in [3.63, 3.8) is 0 Å². The van der Waals surface area contributed by atoms with E-state index in [0.29, 0.717) is 27.4 Å². The molecule has 0 fully saturated rings. The van der Waals surface area contributed by atoms with Crippen molar-refractivity contribution in [1.82, 2.24) is 9.55 Å². The first-order valence-corrected chi connectivity index (χ1v) is 10.9. The molecule has 0 spiro atoms. The molecule has 0 radical (unpaired) electrons. The van der Waals surface area contributed by atoms with Crippen molar-refractivity contribution in [3.05, 3.63) is 93.8 Å². The molecule has 5 nitrogen and oxygen atoms in total. The zero-order valence-electron chi connectivity index (χ0n) is 17.6. The largest absolute Gasteiger partial charge is 0.496 e. The molecule has 3 aromatic carbocycles. The number of fused-ring (bicyclic) bond motifs is 1. The second-order valence-electron chi connectivity index (χ2n) is 7.23. The Balaban J connectivity index is 1.78. The smallest absolute Gasteiger partial charge is 0.266 e. The standard InChI is InChI=1S/C25H22N2O3S/c1-16-12-13-18(14-17(16)2)27-24(29)19-8-4-6-10-21(19)26-25(27)31-15-22(28)20-9-5-7-11-23(20)30-3/h4-14H,15H2,1-3H3. The molecule has 0 atom stereocenters. The quantitative estimate of drug-likeness (QED) is 0.245. The highest BCUT2D eigenvalue weighted by molar-refractivity contribution is 7.99. The van der Waals surface area contributed by atoms with E-state index in [4.69, 9.17) is 9.72 Å². The number of aryl methyl sites for hydroxylation is 2. The Morgan fingerprint density at radius 1 is 1.00 bits per heavy atom. The molecule has 0 bridgehead atoms. The number of thioether (sulfide) groups is 1. The zero-order chi connectivity index (χ0) is 22.0. The summed E-state index contributed by atoms with van der Waals surface area (Å²) < 4.78 is 6.90. The fourth-order valence-corrected chi connectivity index (χ4v) is 4.28. The van der Waals surface area contributed by atoms with Gasteiger partial charge in [-0.15, -0.1) is 0 Å². The second-order valence-corrected chi connectivity index (χ2v) is 8.18. The highest BCUT2D eigenvalue weighted by Crippen LogP contribution is 2.25. The molecular weight excluding hydrogens is 408 g/mol. The molecule has 31 heavy (non-hydrogen) atoms. The highest BCUT2D eigenvalue weighted by atomic mass is 32.2. The molecular formula is C25H22N2O3S. The average molecular weight is 431 g/mol. The van der Waals surface area contributed by atoms with Gasteiger partial charge in [0.15, 0.2) is 10.9 Å². The molecule has 4 aromatic rings. The minimum Gasteiger partial charge on any atom is -0.496 e. The Kier molecular flexibility index (Phi) is 5.91. The van der Waals surface area contributed by atoms with E-state index < -0.39 is 0 Å². The third-order valence-electron chi connectivity index (χ3n) is 5.23. The molecule has 0 amide bonds. The normalized spacial score (nSPS) is 10.9. The molecule has 0 aliphatic rings. The molecule has 156 valence electrons. The SMILES string of the molecule is COc1ccccc1C(=O)CSc1nc2ccccc2c(=O)n1-c1ccc(C)c(C)c1. The van der Waals surface area contributed by atoms with E-state index in [1.807, 2.05) is 56.3 Å². The summed E-state index contributed by atoms with van der Waals surface area (Å²) in [6.07, 6.45) is 0. The highest BCUT2D eigenvalue weighted by Gasteiger charge is 2.17. The number of hydrogen-bond acceptors (Lipinski definition) is 5. The minimum atomic E-state index is -0.152. The molecule has 0 unspecified atom stereocenters. The Morgan fingerprint density at radius 3 is 2.52 bits per heavy atom. The number of methoxy groups -OCH3 is 1. The average Bonchev–Trinajstić information content (AvgIpc) is 2.79. The number of para-hydroxylation sites is 2. The summed E-state index contributed by atoms with van der Waals surface area (Å²) in [5.41, 5.74) is 3.93. The zero-order valence-corrected chi connectivity index (χ0v) is 18.4. The summed E-state index contributed by atoms with van der Waals surface area (Å²) in [6, 6.07) is 20.3. The van der Waals surface area contributed by atoms with Gasteiger partial charge in [-0.1, -0.05) is 42.1 Å². The van der Waals surface area contributed by atoms with Crippen LogP contribution in [0, 0.1) is 13.8 Å². The molecule has 1 heterocycles. The number of hydrogen-bond donors (Lipinski definition) is 0. The predicted molar refractivity (Wildman–Crippen MR) is 125 cm³/mol. The van der Waals surface area contributed by atoms with Crippen LogP contribution < -0.4 is 10.3 Å². The van der Waals surface area contributed by atoms with Crippen LogP contribution in [-0.4, -0.2) is 28.2 Å². The van der Waals surface area contributed by atoms with Crippen molar-refractivity contribution in [2.24, 2.45) is 0 Å². The summed E-state index contributed by atoms with van der Waals surface area (Å²) in [7, 11) is 1.54. The van der Waals surface area contributed by atoms with Crippen molar-refractivity contribution >= 4 is 28.4 Å². The van der Waals surface area contributed by atoms with E-state index in [1.165, 1.54) is 11.8 Å². The van der Waals surface area contributed by atoms with Gasteiger partial charge in [0.2, 0.25) is 0 Å². The van der Waals surface area contributed by atoms with Gasteiger partial charge in [0.05, 0.1) is 35.0 Å². The van der Waals surface area contributed by atoms with Crippen LogP contribution in [-0.2, 0) is 0 Å². The lowest BCUT2D eigenvalue weighted by Gasteiger charge is -2.14. The van der Waals surface area contributed by atoms with Crippen molar-refractivity contribution in [2.75, 3.05) is 12.9 Å². The lowest BCUT2D eigenvalue weighted by molar-refractivity contribution is 0.101. The van der Waals surface area contributed by atoms with Gasteiger partial charge in [-0.2, -0.15) is 0 Å². The molecule has 0 saturated carbocycles. The topological polar surface area (TPSA) is 61.2 Å². The van der Waals surface area contributed by atoms with E-state index in [0.717, 1.165) is 16.8 Å². The van der Waals surface area contributed by atoms with Crippen molar-refractivity contribution in [2.45, 2.75) is 19.0 Å². The van der Waals surface area contributed by atoms with E-state index in [9.17, 15) is 9.59 Å². The predicted octanol–water partition coefficient (Wildman–Crippen LogP) is 4.99. The van der Waals surface area contributed by atoms with Crippen LogP contribution in [0.4, 0.5) is 0 Å². The molecule has 6 heteroatoms. The molecule has 0 aliphatic heterocycles. The number of aromatic nitrogens is 2. The maximum absolute atomic E-state index is 13.4. The van der Waals surface area contributed by atoms with Crippen LogP contribution in [0.5, 0.6) is 5.75 Å². The van der Waals surface area contributed by atoms with E-state index in [2.05, 4.69) is 0 Å². The van der Waals surface area contributed by atoms with Crippen LogP contribution in [0.15, 0.2) is 76.7 Å². The summed E-state index contributed by atoms with van der Waals surface area (Å²) in [6.45, 7) is 4.04. The van der Waals surface area contributed by atoms with Gasteiger partial charge in [0, 0.05) is 0 Å². The third-order valence-corrected chi connectivity index (χ3v) is 6.17. The Morgan fingerprint density at radius 2 is 1.74 bits per heavy atom. The first-order chi connectivity index (χ1) is 15.0. The van der Waals surface area contributed by atoms with E-state index >= 15 is 0 Å². The number of rotatable bonds is 6. The number of benzene rings is 3. The number of ketones is 1. The minimum absolute atomic E-state index is 0.0866. The van der Waals surface area contributed by atoms with Gasteiger partial charge in [0.25, 0.3) is 5.56 Å².